The summed E-state index contributed by atoms with van der Waals surface area (Å²) in [6.45, 7) is 8.38. The van der Waals surface area contributed by atoms with Crippen molar-refractivity contribution in [2.75, 3.05) is 6.61 Å². The Hall–Kier alpha value is -0.790. The monoisotopic (exact) mass is 184 g/mol. The standard InChI is InChI=1S/C11H20O2/c1-5-7-9(3)8-13-11(12)10(4)6-2/h6,9H,5,7-8H2,1-4H3/b10-6+. The van der Waals surface area contributed by atoms with Crippen molar-refractivity contribution in [2.45, 2.75) is 40.5 Å². The summed E-state index contributed by atoms with van der Waals surface area (Å²) in [5.41, 5.74) is 0.684. The molecule has 0 spiro atoms. The van der Waals surface area contributed by atoms with E-state index in [2.05, 4.69) is 13.8 Å². The van der Waals surface area contributed by atoms with Gasteiger partial charge in [0, 0.05) is 5.57 Å². The van der Waals surface area contributed by atoms with Crippen LogP contribution in [0.2, 0.25) is 0 Å². The molecule has 0 saturated carbocycles. The number of carbonyl (C=O) groups is 1. The molecule has 0 aliphatic heterocycles. The molecule has 2 nitrogen and oxygen atoms in total. The molecule has 0 saturated heterocycles. The van der Waals surface area contributed by atoms with Crippen molar-refractivity contribution >= 4 is 5.97 Å². The molecule has 13 heavy (non-hydrogen) atoms. The Morgan fingerprint density at radius 1 is 1.54 bits per heavy atom. The van der Waals surface area contributed by atoms with E-state index in [1.165, 1.54) is 0 Å². The third-order valence-corrected chi connectivity index (χ3v) is 2.04. The van der Waals surface area contributed by atoms with Crippen molar-refractivity contribution in [1.29, 1.82) is 0 Å². The minimum atomic E-state index is -0.189. The Morgan fingerprint density at radius 2 is 2.15 bits per heavy atom. The first kappa shape index (κ1) is 12.2. The van der Waals surface area contributed by atoms with Gasteiger partial charge in [0.25, 0.3) is 0 Å². The molecule has 0 aromatic heterocycles. The number of allylic oxidation sites excluding steroid dienone is 1. The first-order valence-corrected chi connectivity index (χ1v) is 4.91. The zero-order valence-corrected chi connectivity index (χ0v) is 9.09. The molecule has 0 radical (unpaired) electrons. The van der Waals surface area contributed by atoms with Gasteiger partial charge in [-0.05, 0) is 26.2 Å². The number of rotatable bonds is 5. The first-order chi connectivity index (χ1) is 6.11. The Kier molecular flexibility index (Phi) is 6.29. The summed E-state index contributed by atoms with van der Waals surface area (Å²) >= 11 is 0. The van der Waals surface area contributed by atoms with Crippen LogP contribution in [0.1, 0.15) is 40.5 Å². The number of hydrogen-bond donors (Lipinski definition) is 0. The highest BCUT2D eigenvalue weighted by molar-refractivity contribution is 5.87. The van der Waals surface area contributed by atoms with Crippen molar-refractivity contribution in [3.05, 3.63) is 11.6 Å². The highest BCUT2D eigenvalue weighted by Crippen LogP contribution is 2.06. The van der Waals surface area contributed by atoms with Crippen LogP contribution in [0.3, 0.4) is 0 Å². The number of carbonyl (C=O) groups excluding carboxylic acids is 1. The summed E-state index contributed by atoms with van der Waals surface area (Å²) in [6, 6.07) is 0. The van der Waals surface area contributed by atoms with E-state index in [9.17, 15) is 4.79 Å². The average molecular weight is 184 g/mol. The van der Waals surface area contributed by atoms with Crippen LogP contribution in [-0.4, -0.2) is 12.6 Å². The minimum absolute atomic E-state index is 0.189. The van der Waals surface area contributed by atoms with Gasteiger partial charge in [0.2, 0.25) is 0 Å². The summed E-state index contributed by atoms with van der Waals surface area (Å²) in [5, 5.41) is 0. The Bertz CT molecular complexity index is 183. The lowest BCUT2D eigenvalue weighted by molar-refractivity contribution is -0.140. The second-order valence-corrected chi connectivity index (χ2v) is 3.46. The molecule has 0 N–H and O–H groups in total. The third-order valence-electron chi connectivity index (χ3n) is 2.04. The molecule has 76 valence electrons. The van der Waals surface area contributed by atoms with Gasteiger partial charge in [-0.25, -0.2) is 4.79 Å². The lowest BCUT2D eigenvalue weighted by atomic mass is 10.1. The van der Waals surface area contributed by atoms with E-state index < -0.39 is 0 Å². The molecule has 0 amide bonds. The Balaban J connectivity index is 3.70. The summed E-state index contributed by atoms with van der Waals surface area (Å²) in [4.78, 5) is 11.2. The molecular formula is C11H20O2. The van der Waals surface area contributed by atoms with Crippen LogP contribution >= 0.6 is 0 Å². The summed E-state index contributed by atoms with van der Waals surface area (Å²) in [5.74, 6) is 0.282. The maximum atomic E-state index is 11.2. The largest absolute Gasteiger partial charge is 0.462 e. The fourth-order valence-electron chi connectivity index (χ4n) is 1.03. The van der Waals surface area contributed by atoms with Crippen LogP contribution in [0.4, 0.5) is 0 Å². The van der Waals surface area contributed by atoms with E-state index in [0.717, 1.165) is 12.8 Å². The quantitative estimate of drug-likeness (QED) is 0.485. The molecule has 0 aromatic rings. The van der Waals surface area contributed by atoms with Crippen LogP contribution < -0.4 is 0 Å². The van der Waals surface area contributed by atoms with E-state index in [0.29, 0.717) is 18.1 Å². The molecular weight excluding hydrogens is 164 g/mol. The second-order valence-electron chi connectivity index (χ2n) is 3.46. The second kappa shape index (κ2) is 6.70. The van der Waals surface area contributed by atoms with Gasteiger partial charge in [-0.3, -0.25) is 0 Å². The number of hydrogen-bond acceptors (Lipinski definition) is 2. The van der Waals surface area contributed by atoms with Crippen molar-refractivity contribution in [3.8, 4) is 0 Å². The van der Waals surface area contributed by atoms with Gasteiger partial charge in [0.1, 0.15) is 0 Å². The summed E-state index contributed by atoms with van der Waals surface area (Å²) in [6.07, 6.45) is 4.02. The summed E-state index contributed by atoms with van der Waals surface area (Å²) in [7, 11) is 0. The zero-order chi connectivity index (χ0) is 10.3. The number of esters is 1. The normalized spacial score (nSPS) is 14.0. The van der Waals surface area contributed by atoms with Crippen molar-refractivity contribution in [3.63, 3.8) is 0 Å². The van der Waals surface area contributed by atoms with E-state index in [1.54, 1.807) is 13.0 Å². The predicted molar refractivity (Wildman–Crippen MR) is 54.5 cm³/mol. The fraction of sp³-hybridized carbons (Fsp3) is 0.727. The van der Waals surface area contributed by atoms with Crippen LogP contribution in [0, 0.1) is 5.92 Å². The molecule has 0 heterocycles. The zero-order valence-electron chi connectivity index (χ0n) is 9.09. The van der Waals surface area contributed by atoms with E-state index >= 15 is 0 Å². The van der Waals surface area contributed by atoms with Crippen LogP contribution in [0.15, 0.2) is 11.6 Å². The molecule has 0 bridgehead atoms. The van der Waals surface area contributed by atoms with Gasteiger partial charge in [-0.15, -0.1) is 0 Å². The lowest BCUT2D eigenvalue weighted by Gasteiger charge is -2.10. The topological polar surface area (TPSA) is 26.3 Å². The van der Waals surface area contributed by atoms with Crippen molar-refractivity contribution in [2.24, 2.45) is 5.92 Å². The van der Waals surface area contributed by atoms with Crippen LogP contribution in [0.25, 0.3) is 0 Å². The van der Waals surface area contributed by atoms with Crippen molar-refractivity contribution < 1.29 is 9.53 Å². The maximum absolute atomic E-state index is 11.2. The first-order valence-electron chi connectivity index (χ1n) is 4.91. The maximum Gasteiger partial charge on any atom is 0.333 e. The molecule has 1 atom stereocenters. The van der Waals surface area contributed by atoms with Crippen molar-refractivity contribution in [1.82, 2.24) is 0 Å². The van der Waals surface area contributed by atoms with Gasteiger partial charge in [-0.1, -0.05) is 26.3 Å². The SMILES string of the molecule is C/C=C(\C)C(=O)OCC(C)CCC. The van der Waals surface area contributed by atoms with E-state index in [-0.39, 0.29) is 5.97 Å². The molecule has 0 aromatic carbocycles. The molecule has 1 unspecified atom stereocenters. The lowest BCUT2D eigenvalue weighted by Crippen LogP contribution is -2.12. The predicted octanol–water partition coefficient (Wildman–Crippen LogP) is 2.93. The summed E-state index contributed by atoms with van der Waals surface area (Å²) < 4.78 is 5.10. The molecule has 0 aliphatic rings. The molecule has 0 fully saturated rings. The molecule has 0 aliphatic carbocycles. The minimum Gasteiger partial charge on any atom is -0.462 e. The molecule has 2 heteroatoms. The van der Waals surface area contributed by atoms with E-state index in [1.807, 2.05) is 6.92 Å². The van der Waals surface area contributed by atoms with E-state index in [4.69, 9.17) is 4.74 Å². The van der Waals surface area contributed by atoms with Gasteiger partial charge in [0.05, 0.1) is 6.61 Å². The number of ether oxygens (including phenoxy) is 1. The highest BCUT2D eigenvalue weighted by Gasteiger charge is 2.07. The van der Waals surface area contributed by atoms with Gasteiger partial charge in [0.15, 0.2) is 0 Å². The van der Waals surface area contributed by atoms with Gasteiger partial charge < -0.3 is 4.74 Å². The smallest absolute Gasteiger partial charge is 0.333 e. The molecule has 0 rings (SSSR count). The Morgan fingerprint density at radius 3 is 2.62 bits per heavy atom. The fourth-order valence-corrected chi connectivity index (χ4v) is 1.03. The van der Waals surface area contributed by atoms with Gasteiger partial charge in [-0.2, -0.15) is 0 Å². The van der Waals surface area contributed by atoms with Crippen LogP contribution in [-0.2, 0) is 9.53 Å². The van der Waals surface area contributed by atoms with Gasteiger partial charge >= 0.3 is 5.97 Å². The Labute approximate surface area is 81.0 Å². The van der Waals surface area contributed by atoms with Crippen LogP contribution in [0.5, 0.6) is 0 Å². The third kappa shape index (κ3) is 5.45. The highest BCUT2D eigenvalue weighted by atomic mass is 16.5. The average Bonchev–Trinajstić information content (AvgIpc) is 2.13.